The fraction of sp³-hybridized carbons (Fsp3) is 0.400. The first kappa shape index (κ1) is 15.6. The molecule has 0 aromatic heterocycles. The van der Waals surface area contributed by atoms with Crippen molar-refractivity contribution in [2.24, 2.45) is 0 Å². The van der Waals surface area contributed by atoms with Crippen LogP contribution in [-0.4, -0.2) is 23.6 Å². The second kappa shape index (κ2) is 9.45. The lowest BCUT2D eigenvalue weighted by atomic mass is 10.2. The van der Waals surface area contributed by atoms with E-state index < -0.39 is 5.97 Å². The number of halogens is 1. The third-order valence-corrected chi connectivity index (χ3v) is 2.86. The molecule has 1 rings (SSSR count). The molecule has 0 fully saturated rings. The van der Waals surface area contributed by atoms with Crippen molar-refractivity contribution in [2.75, 3.05) is 12.5 Å². The monoisotopic (exact) mass is 282 g/mol. The Balaban J connectivity index is 2.26. The Kier molecular flexibility index (Phi) is 7.75. The molecule has 0 aliphatic heterocycles. The van der Waals surface area contributed by atoms with Crippen LogP contribution in [0.4, 0.5) is 0 Å². The number of benzene rings is 1. The Labute approximate surface area is 118 Å². The predicted molar refractivity (Wildman–Crippen MR) is 77.8 cm³/mol. The van der Waals surface area contributed by atoms with Crippen molar-refractivity contribution in [1.29, 1.82) is 0 Å². The second-order valence-electron chi connectivity index (χ2n) is 4.19. The molecule has 1 N–H and O–H groups in total. The molecular formula is C15H19ClO3. The lowest BCUT2D eigenvalue weighted by Gasteiger charge is -2.06. The Morgan fingerprint density at radius 1 is 1.16 bits per heavy atom. The Hall–Kier alpha value is -1.48. The number of rotatable bonds is 9. The molecule has 0 aliphatic carbocycles. The van der Waals surface area contributed by atoms with Crippen molar-refractivity contribution in [1.82, 2.24) is 0 Å². The largest absolute Gasteiger partial charge is 0.494 e. The van der Waals surface area contributed by atoms with E-state index in [2.05, 4.69) is 0 Å². The van der Waals surface area contributed by atoms with Gasteiger partial charge in [0.25, 0.3) is 0 Å². The topological polar surface area (TPSA) is 46.5 Å². The van der Waals surface area contributed by atoms with E-state index >= 15 is 0 Å². The smallest absolute Gasteiger partial charge is 0.328 e. The number of alkyl halides is 1. The van der Waals surface area contributed by atoms with Crippen LogP contribution in [-0.2, 0) is 4.79 Å². The van der Waals surface area contributed by atoms with E-state index in [0.29, 0.717) is 6.61 Å². The van der Waals surface area contributed by atoms with Gasteiger partial charge in [0.2, 0.25) is 0 Å². The average molecular weight is 283 g/mol. The SMILES string of the molecule is O=C(O)C=Cc1ccc(OCCCCCCCl)cc1. The van der Waals surface area contributed by atoms with Crippen LogP contribution in [0.1, 0.15) is 31.2 Å². The van der Waals surface area contributed by atoms with Crippen LogP contribution in [0.25, 0.3) is 6.08 Å². The maximum atomic E-state index is 10.4. The molecule has 0 bridgehead atoms. The summed E-state index contributed by atoms with van der Waals surface area (Å²) in [5, 5.41) is 8.51. The summed E-state index contributed by atoms with van der Waals surface area (Å²) in [7, 11) is 0. The summed E-state index contributed by atoms with van der Waals surface area (Å²) in [6.45, 7) is 0.701. The lowest BCUT2D eigenvalue weighted by Crippen LogP contribution is -1.97. The molecule has 4 heteroatoms. The van der Waals surface area contributed by atoms with E-state index in [-0.39, 0.29) is 0 Å². The summed E-state index contributed by atoms with van der Waals surface area (Å²) >= 11 is 5.60. The van der Waals surface area contributed by atoms with E-state index in [0.717, 1.165) is 49.0 Å². The summed E-state index contributed by atoms with van der Waals surface area (Å²) < 4.78 is 5.59. The summed E-state index contributed by atoms with van der Waals surface area (Å²) in [4.78, 5) is 10.4. The van der Waals surface area contributed by atoms with Crippen molar-refractivity contribution in [3.05, 3.63) is 35.9 Å². The van der Waals surface area contributed by atoms with E-state index in [4.69, 9.17) is 21.4 Å². The minimum Gasteiger partial charge on any atom is -0.494 e. The van der Waals surface area contributed by atoms with Crippen molar-refractivity contribution in [3.63, 3.8) is 0 Å². The van der Waals surface area contributed by atoms with Crippen LogP contribution >= 0.6 is 11.6 Å². The quantitative estimate of drug-likeness (QED) is 0.424. The summed E-state index contributed by atoms with van der Waals surface area (Å²) in [6.07, 6.45) is 7.03. The van der Waals surface area contributed by atoms with Gasteiger partial charge in [-0.25, -0.2) is 4.79 Å². The van der Waals surface area contributed by atoms with Gasteiger partial charge in [-0.15, -0.1) is 11.6 Å². The van der Waals surface area contributed by atoms with E-state index in [9.17, 15) is 4.79 Å². The zero-order chi connectivity index (χ0) is 13.9. The average Bonchev–Trinajstić information content (AvgIpc) is 2.41. The number of hydrogen-bond donors (Lipinski definition) is 1. The van der Waals surface area contributed by atoms with Crippen LogP contribution in [0.3, 0.4) is 0 Å². The summed E-state index contributed by atoms with van der Waals surface area (Å²) in [5.74, 6) is 0.591. The van der Waals surface area contributed by atoms with Crippen molar-refractivity contribution in [3.8, 4) is 5.75 Å². The minimum atomic E-state index is -0.947. The molecule has 0 aliphatic rings. The van der Waals surface area contributed by atoms with Crippen LogP contribution < -0.4 is 4.74 Å². The van der Waals surface area contributed by atoms with Crippen molar-refractivity contribution < 1.29 is 14.6 Å². The molecule has 1 aromatic carbocycles. The number of hydrogen-bond acceptors (Lipinski definition) is 2. The van der Waals surface area contributed by atoms with Gasteiger partial charge in [0.15, 0.2) is 0 Å². The lowest BCUT2D eigenvalue weighted by molar-refractivity contribution is -0.131. The zero-order valence-corrected chi connectivity index (χ0v) is 11.6. The predicted octanol–water partition coefficient (Wildman–Crippen LogP) is 3.96. The maximum absolute atomic E-state index is 10.4. The molecule has 0 saturated heterocycles. The number of ether oxygens (including phenoxy) is 1. The normalized spacial score (nSPS) is 10.8. The summed E-state index contributed by atoms with van der Waals surface area (Å²) in [5.41, 5.74) is 0.844. The van der Waals surface area contributed by atoms with Crippen molar-refractivity contribution >= 4 is 23.6 Å². The minimum absolute atomic E-state index is 0.701. The van der Waals surface area contributed by atoms with E-state index in [1.165, 1.54) is 0 Å². The molecular weight excluding hydrogens is 264 g/mol. The number of unbranched alkanes of at least 4 members (excludes halogenated alkanes) is 3. The standard InChI is InChI=1S/C15H19ClO3/c16-11-3-1-2-4-12-19-14-8-5-13(6-9-14)7-10-15(17)18/h5-10H,1-4,11-12H2,(H,17,18). The van der Waals surface area contributed by atoms with Gasteiger partial charge >= 0.3 is 5.97 Å². The van der Waals surface area contributed by atoms with E-state index in [1.807, 2.05) is 24.3 Å². The molecule has 0 saturated carbocycles. The molecule has 19 heavy (non-hydrogen) atoms. The molecule has 3 nitrogen and oxygen atoms in total. The zero-order valence-electron chi connectivity index (χ0n) is 10.8. The van der Waals surface area contributed by atoms with Gasteiger partial charge in [0, 0.05) is 12.0 Å². The highest BCUT2D eigenvalue weighted by atomic mass is 35.5. The first-order valence-electron chi connectivity index (χ1n) is 6.42. The molecule has 0 spiro atoms. The summed E-state index contributed by atoms with van der Waals surface area (Å²) in [6, 6.07) is 7.37. The van der Waals surface area contributed by atoms with Gasteiger partial charge < -0.3 is 9.84 Å². The number of carboxylic acids is 1. The van der Waals surface area contributed by atoms with Gasteiger partial charge in [-0.2, -0.15) is 0 Å². The van der Waals surface area contributed by atoms with Gasteiger partial charge in [-0.05, 0) is 36.6 Å². The second-order valence-corrected chi connectivity index (χ2v) is 4.57. The van der Waals surface area contributed by atoms with Crippen molar-refractivity contribution in [2.45, 2.75) is 25.7 Å². The molecule has 0 radical (unpaired) electrons. The van der Waals surface area contributed by atoms with Gasteiger partial charge in [-0.1, -0.05) is 25.0 Å². The first-order chi connectivity index (χ1) is 9.22. The van der Waals surface area contributed by atoms with E-state index in [1.54, 1.807) is 6.08 Å². The van der Waals surface area contributed by atoms with Crippen LogP contribution in [0, 0.1) is 0 Å². The van der Waals surface area contributed by atoms with Gasteiger partial charge in [0.05, 0.1) is 6.61 Å². The van der Waals surface area contributed by atoms with Gasteiger partial charge in [-0.3, -0.25) is 0 Å². The number of aliphatic carboxylic acids is 1. The Morgan fingerprint density at radius 3 is 2.47 bits per heavy atom. The molecule has 0 unspecified atom stereocenters. The molecule has 104 valence electrons. The molecule has 0 atom stereocenters. The highest BCUT2D eigenvalue weighted by Gasteiger charge is 1.95. The number of carboxylic acid groups (broad SMARTS) is 1. The Bertz CT molecular complexity index is 398. The number of carbonyl (C=O) groups is 1. The first-order valence-corrected chi connectivity index (χ1v) is 6.95. The van der Waals surface area contributed by atoms with Gasteiger partial charge in [0.1, 0.15) is 5.75 Å². The fourth-order valence-electron chi connectivity index (χ4n) is 1.58. The highest BCUT2D eigenvalue weighted by molar-refractivity contribution is 6.17. The third-order valence-electron chi connectivity index (χ3n) is 2.60. The Morgan fingerprint density at radius 2 is 1.84 bits per heavy atom. The fourth-order valence-corrected chi connectivity index (χ4v) is 1.77. The molecule has 1 aromatic rings. The maximum Gasteiger partial charge on any atom is 0.328 e. The molecule has 0 amide bonds. The van der Waals surface area contributed by atoms with Crippen LogP contribution in [0.15, 0.2) is 30.3 Å². The van der Waals surface area contributed by atoms with Crippen LogP contribution in [0.5, 0.6) is 5.75 Å². The molecule has 0 heterocycles. The van der Waals surface area contributed by atoms with Crippen LogP contribution in [0.2, 0.25) is 0 Å². The highest BCUT2D eigenvalue weighted by Crippen LogP contribution is 2.14. The third kappa shape index (κ3) is 7.52.